The predicted molar refractivity (Wildman–Crippen MR) is 101 cm³/mol. The Balaban J connectivity index is 0. The minimum absolute atomic E-state index is 0.0640. The molecule has 5 heteroatoms. The van der Waals surface area contributed by atoms with E-state index in [9.17, 15) is 9.59 Å². The molecular weight excluding hydrogens is 304 g/mol. The molecule has 0 bridgehead atoms. The second-order valence-corrected chi connectivity index (χ2v) is 7.57. The number of carbonyl (C=O) groups excluding carboxylic acids is 2. The van der Waals surface area contributed by atoms with E-state index in [0.717, 1.165) is 5.70 Å². The van der Waals surface area contributed by atoms with Crippen LogP contribution in [0, 0.1) is 10.8 Å². The number of hydrogen-bond donors (Lipinski definition) is 2. The third-order valence-electron chi connectivity index (χ3n) is 3.08. The van der Waals surface area contributed by atoms with E-state index in [-0.39, 0.29) is 22.5 Å². The first-order valence-corrected chi connectivity index (χ1v) is 8.67. The molecule has 0 aliphatic carbocycles. The molecule has 0 heterocycles. The summed E-state index contributed by atoms with van der Waals surface area (Å²) in [4.78, 5) is 22.0. The Morgan fingerprint density at radius 1 is 0.958 bits per heavy atom. The highest BCUT2D eigenvalue weighted by Crippen LogP contribution is 2.23. The molecule has 0 aromatic heterocycles. The Labute approximate surface area is 148 Å². The van der Waals surface area contributed by atoms with Gasteiger partial charge in [0.05, 0.1) is 19.8 Å². The highest BCUT2D eigenvalue weighted by Gasteiger charge is 2.23. The normalized spacial score (nSPS) is 11.2. The molecule has 1 amide bonds. The fourth-order valence-electron chi connectivity index (χ4n) is 2.04. The van der Waals surface area contributed by atoms with E-state index in [4.69, 9.17) is 4.74 Å². The van der Waals surface area contributed by atoms with E-state index in [0.29, 0.717) is 32.7 Å². The first kappa shape index (κ1) is 24.9. The van der Waals surface area contributed by atoms with Gasteiger partial charge >= 0.3 is 0 Å². The monoisotopic (exact) mass is 342 g/mol. The van der Waals surface area contributed by atoms with Crippen molar-refractivity contribution < 1.29 is 14.3 Å². The predicted octanol–water partition coefficient (Wildman–Crippen LogP) is 3.30. The van der Waals surface area contributed by atoms with Crippen LogP contribution in [-0.4, -0.2) is 38.0 Å². The molecule has 2 N–H and O–H groups in total. The maximum absolute atomic E-state index is 11.2. The Bertz CT molecular complexity index is 401. The molecule has 0 aromatic carbocycles. The van der Waals surface area contributed by atoms with Crippen LogP contribution in [0.3, 0.4) is 0 Å². The van der Waals surface area contributed by atoms with Gasteiger partial charge in [-0.3, -0.25) is 4.79 Å². The van der Waals surface area contributed by atoms with Crippen molar-refractivity contribution >= 4 is 11.7 Å². The minimum Gasteiger partial charge on any atom is -0.387 e. The highest BCUT2D eigenvalue weighted by atomic mass is 16.5. The molecule has 0 aliphatic heterocycles. The van der Waals surface area contributed by atoms with Gasteiger partial charge < -0.3 is 20.2 Å². The largest absolute Gasteiger partial charge is 0.387 e. The van der Waals surface area contributed by atoms with Crippen LogP contribution in [0.4, 0.5) is 0 Å². The number of amides is 1. The lowest BCUT2D eigenvalue weighted by Gasteiger charge is -2.29. The number of rotatable bonds is 11. The van der Waals surface area contributed by atoms with Crippen molar-refractivity contribution in [3.63, 3.8) is 0 Å². The van der Waals surface area contributed by atoms with Crippen LogP contribution in [0.25, 0.3) is 0 Å². The summed E-state index contributed by atoms with van der Waals surface area (Å²) in [6.07, 6.45) is 0.527. The summed E-state index contributed by atoms with van der Waals surface area (Å²) in [6.45, 7) is 21.5. The van der Waals surface area contributed by atoms with Gasteiger partial charge in [0, 0.05) is 31.0 Å². The maximum Gasteiger partial charge on any atom is 0.217 e. The van der Waals surface area contributed by atoms with Crippen molar-refractivity contribution in [2.24, 2.45) is 10.8 Å². The average Bonchev–Trinajstić information content (AvgIpc) is 2.43. The van der Waals surface area contributed by atoms with Gasteiger partial charge in [-0.2, -0.15) is 0 Å². The molecule has 0 saturated carbocycles. The van der Waals surface area contributed by atoms with Crippen molar-refractivity contribution in [2.75, 3.05) is 26.3 Å². The van der Waals surface area contributed by atoms with Gasteiger partial charge in [0.15, 0.2) is 0 Å². The van der Waals surface area contributed by atoms with Gasteiger partial charge in [0.2, 0.25) is 5.91 Å². The van der Waals surface area contributed by atoms with Crippen LogP contribution in [0.2, 0.25) is 0 Å². The molecule has 0 aromatic rings. The fraction of sp³-hybridized carbons (Fsp3) is 0.789. The third-order valence-corrected chi connectivity index (χ3v) is 3.08. The summed E-state index contributed by atoms with van der Waals surface area (Å²) >= 11 is 0. The number of Topliss-reactive ketones (excluding diaryl/α,β-unsaturated/α-hetero) is 1. The van der Waals surface area contributed by atoms with Crippen molar-refractivity contribution in [2.45, 2.75) is 61.8 Å². The molecule has 142 valence electrons. The van der Waals surface area contributed by atoms with Crippen LogP contribution >= 0.6 is 0 Å². The number of hydrogen-bond acceptors (Lipinski definition) is 4. The van der Waals surface area contributed by atoms with Crippen molar-refractivity contribution in [3.8, 4) is 0 Å². The molecule has 0 unspecified atom stereocenters. The summed E-state index contributed by atoms with van der Waals surface area (Å²) < 4.78 is 5.80. The van der Waals surface area contributed by atoms with Crippen LogP contribution in [0.15, 0.2) is 12.3 Å². The second-order valence-electron chi connectivity index (χ2n) is 7.57. The summed E-state index contributed by atoms with van der Waals surface area (Å²) in [6, 6.07) is 0. The molecule has 0 fully saturated rings. The smallest absolute Gasteiger partial charge is 0.217 e. The minimum atomic E-state index is -0.135. The number of nitrogens with one attached hydrogen (secondary N) is 2. The molecule has 24 heavy (non-hydrogen) atoms. The maximum atomic E-state index is 11.2. The van der Waals surface area contributed by atoms with Gasteiger partial charge in [-0.1, -0.05) is 48.1 Å². The first-order valence-electron chi connectivity index (χ1n) is 8.67. The van der Waals surface area contributed by atoms with E-state index in [1.165, 1.54) is 6.92 Å². The summed E-state index contributed by atoms with van der Waals surface area (Å²) in [5.41, 5.74) is 0.579. The molecule has 0 spiro atoms. The van der Waals surface area contributed by atoms with Gasteiger partial charge in [-0.25, -0.2) is 0 Å². The van der Waals surface area contributed by atoms with Crippen LogP contribution in [-0.2, 0) is 14.3 Å². The molecule has 0 aliphatic rings. The Morgan fingerprint density at radius 3 is 1.92 bits per heavy atom. The quantitative estimate of drug-likeness (QED) is 0.604. The van der Waals surface area contributed by atoms with Crippen LogP contribution in [0.1, 0.15) is 61.8 Å². The van der Waals surface area contributed by atoms with E-state index in [1.54, 1.807) is 6.92 Å². The lowest BCUT2D eigenvalue weighted by molar-refractivity contribution is -0.120. The van der Waals surface area contributed by atoms with E-state index in [2.05, 4.69) is 31.1 Å². The topological polar surface area (TPSA) is 67.4 Å². The number of carbonyl (C=O) groups is 2. The van der Waals surface area contributed by atoms with Crippen LogP contribution in [0.5, 0.6) is 0 Å². The van der Waals surface area contributed by atoms with Crippen molar-refractivity contribution in [1.82, 2.24) is 10.6 Å². The van der Waals surface area contributed by atoms with Gasteiger partial charge in [-0.05, 0) is 12.3 Å². The van der Waals surface area contributed by atoms with Crippen molar-refractivity contribution in [1.29, 1.82) is 0 Å². The molecule has 0 radical (unpaired) electrons. The zero-order valence-corrected chi connectivity index (χ0v) is 17.0. The molecular formula is C19H38N2O3. The van der Waals surface area contributed by atoms with Gasteiger partial charge in [-0.15, -0.1) is 0 Å². The SMILES string of the molecule is C=C(CNC(C)=O)NCC(C)(C)COCC(C)(C)CC(C)=O.CC. The summed E-state index contributed by atoms with van der Waals surface area (Å²) in [5, 5.41) is 5.91. The molecule has 0 rings (SSSR count). The van der Waals surface area contributed by atoms with E-state index >= 15 is 0 Å². The molecule has 5 nitrogen and oxygen atoms in total. The highest BCUT2D eigenvalue weighted by molar-refractivity contribution is 5.76. The standard InChI is InChI=1S/C17H32N2O3.C2H6/c1-13(9-18-15(3)21)19-10-17(6,7)12-22-11-16(4,5)8-14(2)20;1-2/h19H,1,8-12H2,2-7H3,(H,18,21);1-2H3. The summed E-state index contributed by atoms with van der Waals surface area (Å²) in [5.74, 6) is 0.113. The van der Waals surface area contributed by atoms with Crippen molar-refractivity contribution in [3.05, 3.63) is 12.3 Å². The van der Waals surface area contributed by atoms with Gasteiger partial charge in [0.25, 0.3) is 0 Å². The lowest BCUT2D eigenvalue weighted by Crippen LogP contribution is -2.36. The average molecular weight is 343 g/mol. The Morgan fingerprint density at radius 2 is 1.46 bits per heavy atom. The molecule has 0 saturated heterocycles. The zero-order valence-electron chi connectivity index (χ0n) is 17.0. The zero-order chi connectivity index (χ0) is 19.4. The Hall–Kier alpha value is -1.36. The molecule has 0 atom stereocenters. The lowest BCUT2D eigenvalue weighted by atomic mass is 9.88. The van der Waals surface area contributed by atoms with E-state index in [1.807, 2.05) is 27.7 Å². The van der Waals surface area contributed by atoms with Crippen LogP contribution < -0.4 is 10.6 Å². The van der Waals surface area contributed by atoms with Gasteiger partial charge in [0.1, 0.15) is 5.78 Å². The Kier molecular flexibility index (Phi) is 12.5. The van der Waals surface area contributed by atoms with E-state index < -0.39 is 0 Å². The fourth-order valence-corrected chi connectivity index (χ4v) is 2.04. The second kappa shape index (κ2) is 12.1. The third kappa shape index (κ3) is 15.5. The number of ether oxygens (including phenoxy) is 1. The first-order chi connectivity index (χ1) is 10.9. The summed E-state index contributed by atoms with van der Waals surface area (Å²) in [7, 11) is 0. The number of ketones is 1.